The zero-order valence-corrected chi connectivity index (χ0v) is 11.3. The van der Waals surface area contributed by atoms with Gasteiger partial charge in [-0.1, -0.05) is 0 Å². The molecule has 2 rings (SSSR count). The number of anilines is 1. The molecule has 2 N–H and O–H groups in total. The first-order valence-electron chi connectivity index (χ1n) is 5.99. The zero-order valence-electron chi connectivity index (χ0n) is 11.3. The molecule has 22 heavy (non-hydrogen) atoms. The summed E-state index contributed by atoms with van der Waals surface area (Å²) < 4.78 is 42.9. The molecule has 0 spiro atoms. The maximum Gasteiger partial charge on any atom is 0.433 e. The third-order valence-electron chi connectivity index (χ3n) is 3.12. The number of nitrogens with zero attached hydrogens (tertiary/aromatic N) is 3. The first-order valence-corrected chi connectivity index (χ1v) is 5.99. The van der Waals surface area contributed by atoms with Gasteiger partial charge in [0.25, 0.3) is 5.56 Å². The molecule has 120 valence electrons. The third-order valence-corrected chi connectivity index (χ3v) is 3.12. The number of aromatic nitrogens is 2. The van der Waals surface area contributed by atoms with Crippen LogP contribution in [0.1, 0.15) is 12.1 Å². The van der Waals surface area contributed by atoms with Crippen molar-refractivity contribution in [2.75, 3.05) is 24.4 Å². The lowest BCUT2D eigenvalue weighted by atomic mass is 10.1. The lowest BCUT2D eigenvalue weighted by Crippen LogP contribution is -2.39. The Morgan fingerprint density at radius 2 is 2.09 bits per heavy atom. The molecule has 1 atom stereocenters. The summed E-state index contributed by atoms with van der Waals surface area (Å²) in [6.07, 6.45) is -5.13. The lowest BCUT2D eigenvalue weighted by Gasteiger charge is -2.18. The molecule has 0 bridgehead atoms. The number of nitrogen functional groups attached to an aromatic ring is 1. The Morgan fingerprint density at radius 1 is 1.45 bits per heavy atom. The van der Waals surface area contributed by atoms with Gasteiger partial charge < -0.3 is 10.6 Å². The predicted octanol–water partition coefficient (Wildman–Crippen LogP) is -0.498. The fourth-order valence-corrected chi connectivity index (χ4v) is 2.04. The van der Waals surface area contributed by atoms with Crippen LogP contribution >= 0.6 is 0 Å². The van der Waals surface area contributed by atoms with Crippen LogP contribution in [-0.2, 0) is 20.5 Å². The summed E-state index contributed by atoms with van der Waals surface area (Å²) in [6.45, 7) is -0.267. The smallest absolute Gasteiger partial charge is 0.433 e. The first kappa shape index (κ1) is 15.8. The number of esters is 1. The number of amides is 1. The molecule has 0 aromatic carbocycles. The highest BCUT2D eigenvalue weighted by Crippen LogP contribution is 2.29. The van der Waals surface area contributed by atoms with E-state index in [1.807, 2.05) is 0 Å². The van der Waals surface area contributed by atoms with Gasteiger partial charge in [0, 0.05) is 19.0 Å². The van der Waals surface area contributed by atoms with E-state index in [1.165, 1.54) is 0 Å². The van der Waals surface area contributed by atoms with Gasteiger partial charge in [0.2, 0.25) is 11.9 Å². The van der Waals surface area contributed by atoms with Crippen LogP contribution in [0.4, 0.5) is 19.1 Å². The van der Waals surface area contributed by atoms with Crippen molar-refractivity contribution in [1.82, 2.24) is 9.66 Å². The maximum absolute atomic E-state index is 12.7. The van der Waals surface area contributed by atoms with Crippen molar-refractivity contribution in [2.45, 2.75) is 12.6 Å². The number of hydrogen-bond acceptors (Lipinski definition) is 6. The van der Waals surface area contributed by atoms with Crippen LogP contribution in [0.25, 0.3) is 0 Å². The van der Waals surface area contributed by atoms with Crippen LogP contribution in [0, 0.1) is 5.92 Å². The first-order chi connectivity index (χ1) is 10.1. The number of halogens is 3. The molecule has 0 saturated carbocycles. The van der Waals surface area contributed by atoms with E-state index in [4.69, 9.17) is 5.84 Å². The minimum Gasteiger partial charge on any atom is -0.469 e. The highest BCUT2D eigenvalue weighted by Gasteiger charge is 2.40. The summed E-state index contributed by atoms with van der Waals surface area (Å²) in [4.78, 5) is 38.8. The molecular weight excluding hydrogens is 309 g/mol. The lowest BCUT2D eigenvalue weighted by molar-refractivity contribution is -0.145. The predicted molar refractivity (Wildman–Crippen MR) is 66.1 cm³/mol. The van der Waals surface area contributed by atoms with Crippen LogP contribution in [0.15, 0.2) is 10.9 Å². The molecular formula is C11H11F3N4O4. The van der Waals surface area contributed by atoms with Crippen molar-refractivity contribution in [3.8, 4) is 0 Å². The number of carbonyl (C=O) groups is 2. The Balaban J connectivity index is 2.45. The molecule has 1 amide bonds. The van der Waals surface area contributed by atoms with Gasteiger partial charge in [0.1, 0.15) is 0 Å². The summed E-state index contributed by atoms with van der Waals surface area (Å²) in [5.41, 5.74) is -2.64. The van der Waals surface area contributed by atoms with Crippen molar-refractivity contribution in [2.24, 2.45) is 5.92 Å². The highest BCUT2D eigenvalue weighted by molar-refractivity contribution is 5.98. The van der Waals surface area contributed by atoms with Crippen LogP contribution < -0.4 is 16.3 Å². The standard InChI is InChI=1S/C11H11F3N4O4/c1-22-9(21)5-2-7(19)17(4-5)10-16-6(11(12,13)14)3-8(20)18(10)15/h3,5H,2,4,15H2,1H3. The Kier molecular flexibility index (Phi) is 3.81. The number of rotatable bonds is 2. The molecule has 1 aromatic rings. The quantitative estimate of drug-likeness (QED) is 0.581. The Bertz CT molecular complexity index is 685. The Hall–Kier alpha value is -2.59. The molecule has 1 saturated heterocycles. The van der Waals surface area contributed by atoms with E-state index in [-0.39, 0.29) is 19.0 Å². The number of carbonyl (C=O) groups excluding carboxylic acids is 2. The number of hydrogen-bond donors (Lipinski definition) is 1. The van der Waals surface area contributed by atoms with Gasteiger partial charge >= 0.3 is 12.1 Å². The van der Waals surface area contributed by atoms with Gasteiger partial charge in [-0.3, -0.25) is 19.3 Å². The summed E-state index contributed by atoms with van der Waals surface area (Å²) in [6, 6.07) is 0.224. The SMILES string of the molecule is COC(=O)C1CC(=O)N(c2nc(C(F)(F)F)cc(=O)n2N)C1. The van der Waals surface area contributed by atoms with Crippen molar-refractivity contribution in [1.29, 1.82) is 0 Å². The molecule has 0 aliphatic carbocycles. The number of methoxy groups -OCH3 is 1. The van der Waals surface area contributed by atoms with Crippen LogP contribution in [0.2, 0.25) is 0 Å². The minimum atomic E-state index is -4.87. The van der Waals surface area contributed by atoms with E-state index in [0.717, 1.165) is 12.0 Å². The van der Waals surface area contributed by atoms with E-state index >= 15 is 0 Å². The van der Waals surface area contributed by atoms with Crippen LogP contribution in [0.5, 0.6) is 0 Å². The summed E-state index contributed by atoms with van der Waals surface area (Å²) in [5, 5.41) is 0. The topological polar surface area (TPSA) is 108 Å². The molecule has 1 aliphatic heterocycles. The fraction of sp³-hybridized carbons (Fsp3) is 0.455. The normalized spacial score (nSPS) is 18.6. The second-order valence-electron chi connectivity index (χ2n) is 4.58. The minimum absolute atomic E-state index is 0.224. The molecule has 1 aliphatic rings. The number of ether oxygens (including phenoxy) is 1. The average Bonchev–Trinajstić information content (AvgIpc) is 2.81. The van der Waals surface area contributed by atoms with Crippen LogP contribution in [-0.4, -0.2) is 35.2 Å². The summed E-state index contributed by atoms with van der Waals surface area (Å²) in [7, 11) is 1.12. The Morgan fingerprint density at radius 3 is 2.64 bits per heavy atom. The number of alkyl halides is 3. The van der Waals surface area contributed by atoms with E-state index in [2.05, 4.69) is 9.72 Å². The van der Waals surface area contributed by atoms with Crippen molar-refractivity contribution in [3.63, 3.8) is 0 Å². The van der Waals surface area contributed by atoms with E-state index in [0.29, 0.717) is 4.68 Å². The summed E-state index contributed by atoms with van der Waals surface area (Å²) >= 11 is 0. The molecule has 0 radical (unpaired) electrons. The van der Waals surface area contributed by atoms with E-state index in [9.17, 15) is 27.6 Å². The van der Waals surface area contributed by atoms with Gasteiger partial charge in [-0.15, -0.1) is 0 Å². The molecule has 1 aromatic heterocycles. The van der Waals surface area contributed by atoms with E-state index < -0.39 is 41.2 Å². The molecule has 1 fully saturated rings. The molecule has 2 heterocycles. The molecule has 8 nitrogen and oxygen atoms in total. The zero-order chi connectivity index (χ0) is 16.7. The molecule has 11 heteroatoms. The van der Waals surface area contributed by atoms with Crippen molar-refractivity contribution < 1.29 is 27.5 Å². The van der Waals surface area contributed by atoms with Gasteiger partial charge in [-0.05, 0) is 0 Å². The van der Waals surface area contributed by atoms with Crippen molar-refractivity contribution >= 4 is 17.8 Å². The van der Waals surface area contributed by atoms with Gasteiger partial charge in [-0.25, -0.2) is 4.98 Å². The van der Waals surface area contributed by atoms with Crippen molar-refractivity contribution in [3.05, 3.63) is 22.1 Å². The second-order valence-corrected chi connectivity index (χ2v) is 4.58. The second kappa shape index (κ2) is 5.31. The van der Waals surface area contributed by atoms with Gasteiger partial charge in [-0.2, -0.15) is 17.8 Å². The largest absolute Gasteiger partial charge is 0.469 e. The van der Waals surface area contributed by atoms with E-state index in [1.54, 1.807) is 0 Å². The number of nitrogens with two attached hydrogens (primary N) is 1. The summed E-state index contributed by atoms with van der Waals surface area (Å²) in [5.74, 6) is 2.46. The van der Waals surface area contributed by atoms with Crippen LogP contribution in [0.3, 0.4) is 0 Å². The third kappa shape index (κ3) is 2.73. The highest BCUT2D eigenvalue weighted by atomic mass is 19.4. The van der Waals surface area contributed by atoms with Gasteiger partial charge in [0.15, 0.2) is 5.69 Å². The average molecular weight is 320 g/mol. The fourth-order valence-electron chi connectivity index (χ4n) is 2.04. The van der Waals surface area contributed by atoms with Gasteiger partial charge in [0.05, 0.1) is 13.0 Å². The maximum atomic E-state index is 12.7. The monoisotopic (exact) mass is 320 g/mol. The Labute approximate surface area is 121 Å². The molecule has 1 unspecified atom stereocenters.